The van der Waals surface area contributed by atoms with Crippen molar-refractivity contribution < 1.29 is 4.79 Å². The summed E-state index contributed by atoms with van der Waals surface area (Å²) in [6, 6.07) is 0.261. The number of hydrogen-bond acceptors (Lipinski definition) is 2. The molecule has 0 aromatic carbocycles. The molecule has 1 atom stereocenters. The Hall–Kier alpha value is -0.570. The first-order chi connectivity index (χ1) is 5.56. The highest BCUT2D eigenvalue weighted by molar-refractivity contribution is 5.76. The van der Waals surface area contributed by atoms with Crippen molar-refractivity contribution in [3.8, 4) is 0 Å². The maximum Gasteiger partial charge on any atom is 0.221 e. The Bertz CT molecular complexity index is 134. The smallest absolute Gasteiger partial charge is 0.221 e. The van der Waals surface area contributed by atoms with Gasteiger partial charge in [-0.25, -0.2) is 0 Å². The van der Waals surface area contributed by atoms with Crippen LogP contribution in [0.5, 0.6) is 0 Å². The number of carbonyl (C=O) groups is 1. The third-order valence-electron chi connectivity index (χ3n) is 1.69. The summed E-state index contributed by atoms with van der Waals surface area (Å²) in [7, 11) is 1.86. The molecular weight excluding hydrogens is 152 g/mol. The predicted octanol–water partition coefficient (Wildman–Crippen LogP) is 0.757. The zero-order valence-electron chi connectivity index (χ0n) is 8.48. The van der Waals surface area contributed by atoms with E-state index in [-0.39, 0.29) is 11.9 Å². The van der Waals surface area contributed by atoms with Crippen LogP contribution in [0.4, 0.5) is 0 Å². The molecule has 0 fully saturated rings. The molecule has 0 aliphatic heterocycles. The highest BCUT2D eigenvalue weighted by atomic mass is 16.1. The lowest BCUT2D eigenvalue weighted by molar-refractivity contribution is -0.121. The van der Waals surface area contributed by atoms with Crippen molar-refractivity contribution in [3.63, 3.8) is 0 Å². The fraction of sp³-hybridized carbons (Fsp3) is 0.889. The van der Waals surface area contributed by atoms with Gasteiger partial charge >= 0.3 is 0 Å². The lowest BCUT2D eigenvalue weighted by Crippen LogP contribution is -2.33. The van der Waals surface area contributed by atoms with Crippen molar-refractivity contribution in [1.82, 2.24) is 10.6 Å². The Balaban J connectivity index is 3.46. The molecule has 0 saturated carbocycles. The van der Waals surface area contributed by atoms with Gasteiger partial charge in [-0.05, 0) is 19.9 Å². The molecule has 12 heavy (non-hydrogen) atoms. The van der Waals surface area contributed by atoms with Crippen molar-refractivity contribution in [1.29, 1.82) is 0 Å². The molecule has 3 heteroatoms. The van der Waals surface area contributed by atoms with Crippen LogP contribution in [-0.4, -0.2) is 25.5 Å². The SMILES string of the molecule is CNC(C)CC(=O)NCC(C)C. The van der Waals surface area contributed by atoms with Gasteiger partial charge in [0.1, 0.15) is 0 Å². The first kappa shape index (κ1) is 11.4. The van der Waals surface area contributed by atoms with E-state index in [1.165, 1.54) is 0 Å². The fourth-order valence-corrected chi connectivity index (χ4v) is 0.770. The quantitative estimate of drug-likeness (QED) is 0.642. The van der Waals surface area contributed by atoms with Gasteiger partial charge in [0, 0.05) is 19.0 Å². The van der Waals surface area contributed by atoms with E-state index in [0.717, 1.165) is 6.54 Å². The fourth-order valence-electron chi connectivity index (χ4n) is 0.770. The van der Waals surface area contributed by atoms with Gasteiger partial charge in [-0.15, -0.1) is 0 Å². The van der Waals surface area contributed by atoms with Crippen molar-refractivity contribution in [2.45, 2.75) is 33.2 Å². The largest absolute Gasteiger partial charge is 0.356 e. The van der Waals surface area contributed by atoms with Gasteiger partial charge in [-0.3, -0.25) is 4.79 Å². The zero-order chi connectivity index (χ0) is 9.56. The van der Waals surface area contributed by atoms with E-state index in [0.29, 0.717) is 12.3 Å². The van der Waals surface area contributed by atoms with Crippen LogP contribution in [0.2, 0.25) is 0 Å². The molecule has 0 heterocycles. The third kappa shape index (κ3) is 6.16. The summed E-state index contributed by atoms with van der Waals surface area (Å²) in [6.07, 6.45) is 0.559. The Morgan fingerprint density at radius 3 is 2.33 bits per heavy atom. The average Bonchev–Trinajstić information content (AvgIpc) is 2.00. The number of hydrogen-bond donors (Lipinski definition) is 2. The summed E-state index contributed by atoms with van der Waals surface area (Å²) >= 11 is 0. The van der Waals surface area contributed by atoms with E-state index in [9.17, 15) is 4.79 Å². The van der Waals surface area contributed by atoms with E-state index >= 15 is 0 Å². The summed E-state index contributed by atoms with van der Waals surface area (Å²) in [5.74, 6) is 0.657. The molecule has 0 saturated heterocycles. The predicted molar refractivity (Wildman–Crippen MR) is 51.0 cm³/mol. The van der Waals surface area contributed by atoms with E-state index in [1.807, 2.05) is 14.0 Å². The lowest BCUT2D eigenvalue weighted by Gasteiger charge is -2.11. The van der Waals surface area contributed by atoms with Crippen LogP contribution < -0.4 is 10.6 Å². The summed E-state index contributed by atoms with van der Waals surface area (Å²) < 4.78 is 0. The van der Waals surface area contributed by atoms with Crippen LogP contribution in [0.1, 0.15) is 27.2 Å². The lowest BCUT2D eigenvalue weighted by atomic mass is 10.2. The molecule has 1 unspecified atom stereocenters. The molecule has 72 valence electrons. The molecule has 2 N–H and O–H groups in total. The second-order valence-corrected chi connectivity index (χ2v) is 3.59. The molecule has 0 aliphatic carbocycles. The maximum atomic E-state index is 11.2. The van der Waals surface area contributed by atoms with Gasteiger partial charge in [0.05, 0.1) is 0 Å². The molecular formula is C9H20N2O. The van der Waals surface area contributed by atoms with E-state index in [1.54, 1.807) is 0 Å². The zero-order valence-corrected chi connectivity index (χ0v) is 8.48. The van der Waals surface area contributed by atoms with E-state index < -0.39 is 0 Å². The van der Waals surface area contributed by atoms with E-state index in [4.69, 9.17) is 0 Å². The molecule has 0 bridgehead atoms. The van der Waals surface area contributed by atoms with Crippen LogP contribution in [0.15, 0.2) is 0 Å². The van der Waals surface area contributed by atoms with Crippen molar-refractivity contribution >= 4 is 5.91 Å². The minimum Gasteiger partial charge on any atom is -0.356 e. The Labute approximate surface area is 74.9 Å². The topological polar surface area (TPSA) is 41.1 Å². The summed E-state index contributed by atoms with van der Waals surface area (Å²) in [5.41, 5.74) is 0. The van der Waals surface area contributed by atoms with Gasteiger partial charge in [-0.2, -0.15) is 0 Å². The second kappa shape index (κ2) is 6.00. The molecule has 0 rings (SSSR count). The standard InChI is InChI=1S/C9H20N2O/c1-7(2)6-11-9(12)5-8(3)10-4/h7-8,10H,5-6H2,1-4H3,(H,11,12). The van der Waals surface area contributed by atoms with Crippen LogP contribution in [0.25, 0.3) is 0 Å². The normalized spacial score (nSPS) is 13.1. The van der Waals surface area contributed by atoms with Gasteiger partial charge in [0.2, 0.25) is 5.91 Å². The number of rotatable bonds is 5. The minimum absolute atomic E-state index is 0.130. The summed E-state index contributed by atoms with van der Waals surface area (Å²) in [4.78, 5) is 11.2. The van der Waals surface area contributed by atoms with Crippen LogP contribution >= 0.6 is 0 Å². The summed E-state index contributed by atoms with van der Waals surface area (Å²) in [5, 5.41) is 5.89. The first-order valence-electron chi connectivity index (χ1n) is 4.50. The van der Waals surface area contributed by atoms with Gasteiger partial charge in [0.15, 0.2) is 0 Å². The Kier molecular flexibility index (Phi) is 5.72. The molecule has 0 radical (unpaired) electrons. The Morgan fingerprint density at radius 2 is 1.92 bits per heavy atom. The van der Waals surface area contributed by atoms with Gasteiger partial charge in [0.25, 0.3) is 0 Å². The maximum absolute atomic E-state index is 11.2. The second-order valence-electron chi connectivity index (χ2n) is 3.59. The third-order valence-corrected chi connectivity index (χ3v) is 1.69. The highest BCUT2D eigenvalue weighted by Crippen LogP contribution is 1.91. The Morgan fingerprint density at radius 1 is 1.33 bits per heavy atom. The molecule has 0 aromatic heterocycles. The highest BCUT2D eigenvalue weighted by Gasteiger charge is 2.06. The molecule has 0 aliphatic rings. The molecule has 0 aromatic rings. The van der Waals surface area contributed by atoms with Crippen LogP contribution in [-0.2, 0) is 4.79 Å². The average molecular weight is 172 g/mol. The van der Waals surface area contributed by atoms with Gasteiger partial charge < -0.3 is 10.6 Å². The number of nitrogens with one attached hydrogen (secondary N) is 2. The van der Waals surface area contributed by atoms with Crippen LogP contribution in [0.3, 0.4) is 0 Å². The monoisotopic (exact) mass is 172 g/mol. The first-order valence-corrected chi connectivity index (χ1v) is 4.50. The summed E-state index contributed by atoms with van der Waals surface area (Å²) in [6.45, 7) is 6.94. The van der Waals surface area contributed by atoms with Gasteiger partial charge in [-0.1, -0.05) is 13.8 Å². The van der Waals surface area contributed by atoms with Crippen molar-refractivity contribution in [2.75, 3.05) is 13.6 Å². The minimum atomic E-state index is 0.130. The van der Waals surface area contributed by atoms with Crippen molar-refractivity contribution in [3.05, 3.63) is 0 Å². The van der Waals surface area contributed by atoms with Crippen LogP contribution in [0, 0.1) is 5.92 Å². The molecule has 3 nitrogen and oxygen atoms in total. The van der Waals surface area contributed by atoms with Crippen molar-refractivity contribution in [2.24, 2.45) is 5.92 Å². The van der Waals surface area contributed by atoms with E-state index in [2.05, 4.69) is 24.5 Å². The molecule has 1 amide bonds. The number of carbonyl (C=O) groups excluding carboxylic acids is 1. The molecule has 0 spiro atoms. The number of amides is 1.